The van der Waals surface area contributed by atoms with E-state index < -0.39 is 31.2 Å². The highest BCUT2D eigenvalue weighted by Crippen LogP contribution is 2.20. The number of carbonyl (C=O) groups excluding carboxylic acids is 1. The van der Waals surface area contributed by atoms with Crippen LogP contribution in [0.4, 0.5) is 0 Å². The molecule has 4 atom stereocenters. The zero-order valence-corrected chi connectivity index (χ0v) is 17.9. The van der Waals surface area contributed by atoms with E-state index in [0.29, 0.717) is 44.2 Å². The van der Waals surface area contributed by atoms with Gasteiger partial charge < -0.3 is 45.0 Å². The standard InChI is InChI=1S/C21H33N3O8/c22-17(16-3-1-15(13-25)2-4-16)12-24(23)5-6-29-7-8-30-9-10-31-20-11-18(27)21(28)19(14-26)32-20/h1-4,12-13,18-21,26-28H,5-11,14,22-23H2/b17-12-. The Labute approximate surface area is 187 Å². The summed E-state index contributed by atoms with van der Waals surface area (Å²) in [6.45, 7) is 1.68. The number of aldehydes is 1. The molecule has 1 aromatic carbocycles. The lowest BCUT2D eigenvalue weighted by Gasteiger charge is -2.35. The maximum atomic E-state index is 10.7. The van der Waals surface area contributed by atoms with Gasteiger partial charge in [-0.15, -0.1) is 0 Å². The molecule has 0 spiro atoms. The molecule has 11 heteroatoms. The normalized spacial score (nSPS) is 23.8. The number of hydrogen-bond donors (Lipinski definition) is 5. The fraction of sp³-hybridized carbons (Fsp3) is 0.571. The summed E-state index contributed by atoms with van der Waals surface area (Å²) in [7, 11) is 0. The van der Waals surface area contributed by atoms with E-state index in [4.69, 9.17) is 35.6 Å². The van der Waals surface area contributed by atoms with E-state index in [0.717, 1.165) is 11.8 Å². The Morgan fingerprint density at radius 3 is 2.44 bits per heavy atom. The fourth-order valence-electron chi connectivity index (χ4n) is 2.98. The highest BCUT2D eigenvalue weighted by molar-refractivity contribution is 5.76. The van der Waals surface area contributed by atoms with Gasteiger partial charge in [-0.25, -0.2) is 5.84 Å². The Bertz CT molecular complexity index is 703. The van der Waals surface area contributed by atoms with Crippen LogP contribution in [0.2, 0.25) is 0 Å². The number of rotatable bonds is 14. The zero-order valence-electron chi connectivity index (χ0n) is 17.9. The highest BCUT2D eigenvalue weighted by atomic mass is 16.7. The average molecular weight is 456 g/mol. The van der Waals surface area contributed by atoms with E-state index in [1.807, 2.05) is 0 Å². The Morgan fingerprint density at radius 2 is 1.78 bits per heavy atom. The molecule has 0 aromatic heterocycles. The SMILES string of the molecule is N/C(=C\N(N)CCOCCOCCOC1CC(O)C(O)C(CO)O1)c1ccc(C=O)cc1. The smallest absolute Gasteiger partial charge is 0.160 e. The van der Waals surface area contributed by atoms with Gasteiger partial charge in [0.15, 0.2) is 6.29 Å². The van der Waals surface area contributed by atoms with E-state index in [2.05, 4.69) is 0 Å². The molecule has 1 heterocycles. The first-order chi connectivity index (χ1) is 15.4. The van der Waals surface area contributed by atoms with Gasteiger partial charge in [0.1, 0.15) is 18.5 Å². The molecule has 32 heavy (non-hydrogen) atoms. The van der Waals surface area contributed by atoms with Crippen LogP contribution < -0.4 is 11.6 Å². The minimum atomic E-state index is -1.13. The maximum absolute atomic E-state index is 10.7. The number of nitrogens with two attached hydrogens (primary N) is 2. The summed E-state index contributed by atoms with van der Waals surface area (Å²) in [5.74, 6) is 5.89. The number of carbonyl (C=O) groups is 1. The molecule has 1 aliphatic heterocycles. The molecular formula is C21H33N3O8. The number of benzene rings is 1. The van der Waals surface area contributed by atoms with E-state index in [-0.39, 0.29) is 13.0 Å². The van der Waals surface area contributed by atoms with Crippen molar-refractivity contribution in [1.29, 1.82) is 0 Å². The van der Waals surface area contributed by atoms with Crippen LogP contribution in [0.25, 0.3) is 5.70 Å². The molecule has 0 bridgehead atoms. The lowest BCUT2D eigenvalue weighted by molar-refractivity contribution is -0.259. The molecule has 2 rings (SSSR count). The van der Waals surface area contributed by atoms with Crippen molar-refractivity contribution in [2.45, 2.75) is 31.0 Å². The third-order valence-corrected chi connectivity index (χ3v) is 4.80. The molecule has 0 aliphatic carbocycles. The predicted molar refractivity (Wildman–Crippen MR) is 115 cm³/mol. The van der Waals surface area contributed by atoms with Gasteiger partial charge in [0.25, 0.3) is 0 Å². The van der Waals surface area contributed by atoms with Gasteiger partial charge in [-0.2, -0.15) is 0 Å². The van der Waals surface area contributed by atoms with Crippen LogP contribution in [0, 0.1) is 0 Å². The second kappa shape index (κ2) is 14.1. The van der Waals surface area contributed by atoms with Gasteiger partial charge in [-0.05, 0) is 5.56 Å². The van der Waals surface area contributed by atoms with Crippen molar-refractivity contribution in [1.82, 2.24) is 5.01 Å². The predicted octanol–water partition coefficient (Wildman–Crippen LogP) is -1.19. The third-order valence-electron chi connectivity index (χ3n) is 4.80. The molecule has 4 unspecified atom stereocenters. The monoisotopic (exact) mass is 455 g/mol. The number of nitrogens with zero attached hydrogens (tertiary/aromatic N) is 1. The van der Waals surface area contributed by atoms with Gasteiger partial charge >= 0.3 is 0 Å². The number of aliphatic hydroxyl groups is 3. The van der Waals surface area contributed by atoms with E-state index in [9.17, 15) is 15.0 Å². The van der Waals surface area contributed by atoms with Crippen molar-refractivity contribution in [3.8, 4) is 0 Å². The van der Waals surface area contributed by atoms with E-state index in [1.165, 1.54) is 5.01 Å². The summed E-state index contributed by atoms with van der Waals surface area (Å²) >= 11 is 0. The van der Waals surface area contributed by atoms with Crippen LogP contribution in [0.15, 0.2) is 30.5 Å². The van der Waals surface area contributed by atoms with Crippen LogP contribution in [0.1, 0.15) is 22.3 Å². The average Bonchev–Trinajstić information content (AvgIpc) is 2.80. The van der Waals surface area contributed by atoms with Crippen LogP contribution in [0.3, 0.4) is 0 Å². The Morgan fingerprint density at radius 1 is 1.12 bits per heavy atom. The first-order valence-corrected chi connectivity index (χ1v) is 10.4. The van der Waals surface area contributed by atoms with Gasteiger partial charge in [-0.1, -0.05) is 24.3 Å². The Kier molecular flexibility index (Phi) is 11.6. The zero-order chi connectivity index (χ0) is 23.3. The molecule has 180 valence electrons. The summed E-state index contributed by atoms with van der Waals surface area (Å²) < 4.78 is 21.7. The first-order valence-electron chi connectivity index (χ1n) is 10.4. The molecule has 7 N–H and O–H groups in total. The number of aliphatic hydroxyl groups excluding tert-OH is 3. The number of ether oxygens (including phenoxy) is 4. The van der Waals surface area contributed by atoms with Gasteiger partial charge in [0.2, 0.25) is 0 Å². The van der Waals surface area contributed by atoms with Crippen molar-refractivity contribution in [3.63, 3.8) is 0 Å². The lowest BCUT2D eigenvalue weighted by atomic mass is 10.0. The molecule has 0 saturated carbocycles. The molecule has 0 radical (unpaired) electrons. The molecule has 11 nitrogen and oxygen atoms in total. The molecule has 1 aliphatic rings. The molecular weight excluding hydrogens is 422 g/mol. The molecule has 1 fully saturated rings. The summed E-state index contributed by atoms with van der Waals surface area (Å²) in [6.07, 6.45) is -1.22. The van der Waals surface area contributed by atoms with Gasteiger partial charge in [0, 0.05) is 18.2 Å². The minimum absolute atomic E-state index is 0.124. The number of hydrazine groups is 1. The van der Waals surface area contributed by atoms with Crippen molar-refractivity contribution < 1.29 is 39.1 Å². The van der Waals surface area contributed by atoms with Gasteiger partial charge in [0.05, 0.1) is 58.0 Å². The third kappa shape index (κ3) is 8.81. The topological polar surface area (TPSA) is 170 Å². The Balaban J connectivity index is 1.50. The molecule has 1 aromatic rings. The summed E-state index contributed by atoms with van der Waals surface area (Å²) in [6, 6.07) is 6.86. The molecule has 1 saturated heterocycles. The number of hydrogen-bond acceptors (Lipinski definition) is 11. The Hall–Kier alpha value is -2.09. The quantitative estimate of drug-likeness (QED) is 0.0989. The summed E-state index contributed by atoms with van der Waals surface area (Å²) in [5.41, 5.74) is 7.81. The summed E-state index contributed by atoms with van der Waals surface area (Å²) in [4.78, 5) is 10.7. The maximum Gasteiger partial charge on any atom is 0.160 e. The fourth-order valence-corrected chi connectivity index (χ4v) is 2.98. The van der Waals surface area contributed by atoms with Crippen LogP contribution in [-0.4, -0.2) is 97.4 Å². The van der Waals surface area contributed by atoms with Crippen molar-refractivity contribution >= 4 is 12.0 Å². The second-order valence-corrected chi connectivity index (χ2v) is 7.24. The second-order valence-electron chi connectivity index (χ2n) is 7.24. The lowest BCUT2D eigenvalue weighted by Crippen LogP contribution is -2.50. The summed E-state index contributed by atoms with van der Waals surface area (Å²) in [5, 5.41) is 29.9. The van der Waals surface area contributed by atoms with E-state index >= 15 is 0 Å². The van der Waals surface area contributed by atoms with Crippen molar-refractivity contribution in [2.75, 3.05) is 46.2 Å². The highest BCUT2D eigenvalue weighted by Gasteiger charge is 2.36. The largest absolute Gasteiger partial charge is 0.397 e. The van der Waals surface area contributed by atoms with Crippen molar-refractivity contribution in [3.05, 3.63) is 41.6 Å². The minimum Gasteiger partial charge on any atom is -0.397 e. The van der Waals surface area contributed by atoms with Crippen LogP contribution in [-0.2, 0) is 18.9 Å². The van der Waals surface area contributed by atoms with E-state index in [1.54, 1.807) is 30.5 Å². The molecule has 0 amide bonds. The van der Waals surface area contributed by atoms with Crippen molar-refractivity contribution in [2.24, 2.45) is 11.6 Å². The van der Waals surface area contributed by atoms with Gasteiger partial charge in [-0.3, -0.25) is 4.79 Å². The van der Waals surface area contributed by atoms with Crippen LogP contribution in [0.5, 0.6) is 0 Å². The first kappa shape index (κ1) is 26.2. The van der Waals surface area contributed by atoms with Crippen LogP contribution >= 0.6 is 0 Å².